The first-order valence-electron chi connectivity index (χ1n) is 6.98. The van der Waals surface area contributed by atoms with Crippen LogP contribution in [-0.4, -0.2) is 26.2 Å². The maximum atomic E-state index is 5.84. The minimum absolute atomic E-state index is 0.318. The molecule has 0 amide bonds. The van der Waals surface area contributed by atoms with Gasteiger partial charge in [0, 0.05) is 5.56 Å². The standard InChI is InChI=1S/C17H20N2O3/c1-13-3-7-16(8-4-13)21-11-12-22-19-17(18)14-5-9-15(20-2)10-6-14/h3-10H,11-12H2,1-2H3,(H2,18,19). The topological polar surface area (TPSA) is 66.1 Å². The van der Waals surface area contributed by atoms with E-state index in [1.165, 1.54) is 5.56 Å². The number of nitrogens with two attached hydrogens (primary N) is 1. The lowest BCUT2D eigenvalue weighted by atomic mass is 10.2. The van der Waals surface area contributed by atoms with Gasteiger partial charge in [-0.05, 0) is 43.3 Å². The lowest BCUT2D eigenvalue weighted by Crippen LogP contribution is -2.15. The average Bonchev–Trinajstić information content (AvgIpc) is 2.56. The number of aryl methyl sites for hydroxylation is 1. The molecule has 2 aromatic rings. The highest BCUT2D eigenvalue weighted by molar-refractivity contribution is 5.97. The third-order valence-electron chi connectivity index (χ3n) is 3.01. The van der Waals surface area contributed by atoms with E-state index in [0.29, 0.717) is 19.0 Å². The Hall–Kier alpha value is -2.69. The maximum absolute atomic E-state index is 5.84. The van der Waals surface area contributed by atoms with Crippen LogP contribution in [0.3, 0.4) is 0 Å². The van der Waals surface area contributed by atoms with E-state index < -0.39 is 0 Å². The Morgan fingerprint density at radius 3 is 2.23 bits per heavy atom. The van der Waals surface area contributed by atoms with Gasteiger partial charge in [0.05, 0.1) is 7.11 Å². The van der Waals surface area contributed by atoms with E-state index in [-0.39, 0.29) is 0 Å². The lowest BCUT2D eigenvalue weighted by molar-refractivity contribution is 0.107. The Morgan fingerprint density at radius 1 is 0.955 bits per heavy atom. The second-order valence-electron chi connectivity index (χ2n) is 4.70. The fourth-order valence-electron chi connectivity index (χ4n) is 1.76. The number of benzene rings is 2. The van der Waals surface area contributed by atoms with Crippen molar-refractivity contribution in [2.45, 2.75) is 6.92 Å². The van der Waals surface area contributed by atoms with E-state index >= 15 is 0 Å². The molecule has 0 spiro atoms. The van der Waals surface area contributed by atoms with Crippen LogP contribution in [0.25, 0.3) is 0 Å². The fraction of sp³-hybridized carbons (Fsp3) is 0.235. The molecule has 2 aromatic carbocycles. The third kappa shape index (κ3) is 4.70. The second-order valence-corrected chi connectivity index (χ2v) is 4.70. The number of oxime groups is 1. The number of rotatable bonds is 7. The second kappa shape index (κ2) is 7.93. The number of hydrogen-bond donors (Lipinski definition) is 1. The van der Waals surface area contributed by atoms with Gasteiger partial charge in [-0.3, -0.25) is 0 Å². The minimum Gasteiger partial charge on any atom is -0.497 e. The zero-order chi connectivity index (χ0) is 15.8. The van der Waals surface area contributed by atoms with Crippen molar-refractivity contribution in [3.05, 3.63) is 59.7 Å². The van der Waals surface area contributed by atoms with Crippen LogP contribution >= 0.6 is 0 Å². The third-order valence-corrected chi connectivity index (χ3v) is 3.01. The molecule has 0 unspecified atom stereocenters. The summed E-state index contributed by atoms with van der Waals surface area (Å²) in [6.45, 7) is 2.76. The molecule has 0 saturated carbocycles. The van der Waals surface area contributed by atoms with Crippen molar-refractivity contribution < 1.29 is 14.3 Å². The molecule has 2 N–H and O–H groups in total. The molecule has 0 heterocycles. The predicted molar refractivity (Wildman–Crippen MR) is 86.3 cm³/mol. The van der Waals surface area contributed by atoms with Crippen LogP contribution in [0.1, 0.15) is 11.1 Å². The number of nitrogens with zero attached hydrogens (tertiary/aromatic N) is 1. The van der Waals surface area contributed by atoms with Crippen LogP contribution in [0, 0.1) is 6.92 Å². The van der Waals surface area contributed by atoms with E-state index in [4.69, 9.17) is 20.0 Å². The highest BCUT2D eigenvalue weighted by Crippen LogP contribution is 2.12. The number of ether oxygens (including phenoxy) is 2. The Bertz CT molecular complexity index is 607. The Kier molecular flexibility index (Phi) is 5.65. The maximum Gasteiger partial charge on any atom is 0.170 e. The normalized spacial score (nSPS) is 11.1. The van der Waals surface area contributed by atoms with Crippen LogP contribution in [0.2, 0.25) is 0 Å². The van der Waals surface area contributed by atoms with Gasteiger partial charge in [0.25, 0.3) is 0 Å². The van der Waals surface area contributed by atoms with Gasteiger partial charge < -0.3 is 20.0 Å². The first-order valence-corrected chi connectivity index (χ1v) is 6.98. The quantitative estimate of drug-likeness (QED) is 0.369. The summed E-state index contributed by atoms with van der Waals surface area (Å²) in [5.74, 6) is 1.89. The van der Waals surface area contributed by atoms with Crippen molar-refractivity contribution in [1.82, 2.24) is 0 Å². The van der Waals surface area contributed by atoms with Crippen molar-refractivity contribution in [2.24, 2.45) is 10.9 Å². The fourth-order valence-corrected chi connectivity index (χ4v) is 1.76. The lowest BCUT2D eigenvalue weighted by Gasteiger charge is -2.06. The molecule has 0 bridgehead atoms. The Labute approximate surface area is 130 Å². The molecule has 116 valence electrons. The molecule has 0 fully saturated rings. The van der Waals surface area contributed by atoms with Crippen LogP contribution in [0.15, 0.2) is 53.7 Å². The number of methoxy groups -OCH3 is 1. The molecule has 2 rings (SSSR count). The summed E-state index contributed by atoms with van der Waals surface area (Å²) < 4.78 is 10.6. The molecule has 22 heavy (non-hydrogen) atoms. The van der Waals surface area contributed by atoms with Gasteiger partial charge in [-0.2, -0.15) is 0 Å². The summed E-state index contributed by atoms with van der Waals surface area (Å²) >= 11 is 0. The molecule has 5 nitrogen and oxygen atoms in total. The predicted octanol–water partition coefficient (Wildman–Crippen LogP) is 2.72. The van der Waals surface area contributed by atoms with Gasteiger partial charge in [-0.15, -0.1) is 0 Å². The molecule has 0 atom stereocenters. The van der Waals surface area contributed by atoms with Crippen LogP contribution < -0.4 is 15.2 Å². The van der Waals surface area contributed by atoms with Gasteiger partial charge >= 0.3 is 0 Å². The highest BCUT2D eigenvalue weighted by Gasteiger charge is 2.00. The zero-order valence-corrected chi connectivity index (χ0v) is 12.8. The largest absolute Gasteiger partial charge is 0.497 e. The Balaban J connectivity index is 1.75. The zero-order valence-electron chi connectivity index (χ0n) is 12.8. The summed E-state index contributed by atoms with van der Waals surface area (Å²) in [6, 6.07) is 15.1. The van der Waals surface area contributed by atoms with Crippen molar-refractivity contribution in [2.75, 3.05) is 20.3 Å². The molecular weight excluding hydrogens is 280 g/mol. The van der Waals surface area contributed by atoms with Crippen molar-refractivity contribution >= 4 is 5.84 Å². The molecule has 0 saturated heterocycles. The van der Waals surface area contributed by atoms with E-state index in [9.17, 15) is 0 Å². The molecule has 5 heteroatoms. The van der Waals surface area contributed by atoms with E-state index in [2.05, 4.69) is 5.16 Å². The molecule has 0 aromatic heterocycles. The first kappa shape index (κ1) is 15.7. The monoisotopic (exact) mass is 300 g/mol. The number of amidine groups is 1. The summed E-state index contributed by atoms with van der Waals surface area (Å²) in [6.07, 6.45) is 0. The number of hydrogen-bond acceptors (Lipinski definition) is 4. The van der Waals surface area contributed by atoms with Crippen molar-refractivity contribution in [3.63, 3.8) is 0 Å². The molecule has 0 aliphatic carbocycles. The van der Waals surface area contributed by atoms with Gasteiger partial charge in [0.2, 0.25) is 0 Å². The van der Waals surface area contributed by atoms with E-state index in [1.54, 1.807) is 7.11 Å². The van der Waals surface area contributed by atoms with Gasteiger partial charge in [0.15, 0.2) is 12.4 Å². The SMILES string of the molecule is COc1ccc(/C(N)=N/OCCOc2ccc(C)cc2)cc1. The van der Waals surface area contributed by atoms with E-state index in [0.717, 1.165) is 17.1 Å². The van der Waals surface area contributed by atoms with E-state index in [1.807, 2.05) is 55.5 Å². The van der Waals surface area contributed by atoms with Crippen molar-refractivity contribution in [3.8, 4) is 11.5 Å². The average molecular weight is 300 g/mol. The first-order chi connectivity index (χ1) is 10.7. The molecule has 0 aliphatic heterocycles. The summed E-state index contributed by atoms with van der Waals surface area (Å²) in [4.78, 5) is 5.16. The van der Waals surface area contributed by atoms with Gasteiger partial charge in [-0.1, -0.05) is 22.9 Å². The van der Waals surface area contributed by atoms with Gasteiger partial charge in [-0.25, -0.2) is 0 Å². The summed E-state index contributed by atoms with van der Waals surface area (Å²) in [7, 11) is 1.61. The highest BCUT2D eigenvalue weighted by atomic mass is 16.6. The van der Waals surface area contributed by atoms with Crippen LogP contribution in [-0.2, 0) is 4.84 Å². The molecule has 0 radical (unpaired) electrons. The van der Waals surface area contributed by atoms with Crippen LogP contribution in [0.4, 0.5) is 0 Å². The molecular formula is C17H20N2O3. The minimum atomic E-state index is 0.318. The Morgan fingerprint density at radius 2 is 1.59 bits per heavy atom. The van der Waals surface area contributed by atoms with Gasteiger partial charge in [0.1, 0.15) is 18.1 Å². The summed E-state index contributed by atoms with van der Waals surface area (Å²) in [5.41, 5.74) is 7.81. The molecule has 0 aliphatic rings. The smallest absolute Gasteiger partial charge is 0.170 e. The summed E-state index contributed by atoms with van der Waals surface area (Å²) in [5, 5.41) is 3.87. The van der Waals surface area contributed by atoms with Crippen molar-refractivity contribution in [1.29, 1.82) is 0 Å². The van der Waals surface area contributed by atoms with Crippen LogP contribution in [0.5, 0.6) is 11.5 Å².